The normalized spacial score (nSPS) is 45.0. The van der Waals surface area contributed by atoms with Crippen LogP contribution in [-0.4, -0.2) is 18.2 Å². The summed E-state index contributed by atoms with van der Waals surface area (Å²) in [5, 5.41) is 2.87. The third-order valence-corrected chi connectivity index (χ3v) is 5.33. The van der Waals surface area contributed by atoms with Gasteiger partial charge in [0.05, 0.1) is 12.0 Å². The van der Waals surface area contributed by atoms with E-state index < -0.39 is 0 Å². The minimum absolute atomic E-state index is 0.0410. The van der Waals surface area contributed by atoms with Crippen molar-refractivity contribution in [2.45, 2.75) is 52.4 Å². The molecule has 4 saturated carbocycles. The first kappa shape index (κ1) is 12.2. The van der Waals surface area contributed by atoms with E-state index >= 15 is 0 Å². The van der Waals surface area contributed by atoms with Crippen LogP contribution in [0.4, 0.5) is 0 Å². The first-order valence-corrected chi connectivity index (χ1v) is 7.19. The van der Waals surface area contributed by atoms with Gasteiger partial charge in [-0.2, -0.15) is 0 Å². The number of hydrogen-bond donors (Lipinski definition) is 1. The first-order chi connectivity index (χ1) is 8.41. The molecule has 3 heteroatoms. The molecule has 0 heterocycles. The van der Waals surface area contributed by atoms with Gasteiger partial charge in [0, 0.05) is 0 Å². The van der Waals surface area contributed by atoms with E-state index in [4.69, 9.17) is 0 Å². The number of ketones is 1. The fourth-order valence-corrected chi connectivity index (χ4v) is 5.38. The van der Waals surface area contributed by atoms with Crippen molar-refractivity contribution in [2.75, 3.05) is 6.54 Å². The van der Waals surface area contributed by atoms with Gasteiger partial charge in [-0.3, -0.25) is 9.59 Å². The van der Waals surface area contributed by atoms with Crippen molar-refractivity contribution in [3.63, 3.8) is 0 Å². The molecule has 0 aromatic heterocycles. The van der Waals surface area contributed by atoms with Gasteiger partial charge in [0.15, 0.2) is 0 Å². The monoisotopic (exact) mass is 249 g/mol. The van der Waals surface area contributed by atoms with Crippen molar-refractivity contribution in [1.82, 2.24) is 5.32 Å². The van der Waals surface area contributed by atoms with Crippen molar-refractivity contribution in [2.24, 2.45) is 22.7 Å². The summed E-state index contributed by atoms with van der Waals surface area (Å²) in [5.41, 5.74) is 0.242. The summed E-state index contributed by atoms with van der Waals surface area (Å²) >= 11 is 0. The SMILES string of the molecule is CC(=O)CNC(=O)C12CC3CC(CC(C)(C3)C1)C2. The number of Topliss-reactive ketones (excluding diaryl/α,β-unsaturated/α-hetero) is 1. The van der Waals surface area contributed by atoms with E-state index in [2.05, 4.69) is 12.2 Å². The predicted molar refractivity (Wildman–Crippen MR) is 68.9 cm³/mol. The molecule has 4 bridgehead atoms. The van der Waals surface area contributed by atoms with Gasteiger partial charge >= 0.3 is 0 Å². The highest BCUT2D eigenvalue weighted by Crippen LogP contribution is 2.65. The van der Waals surface area contributed by atoms with Crippen molar-refractivity contribution < 1.29 is 9.59 Å². The average molecular weight is 249 g/mol. The quantitative estimate of drug-likeness (QED) is 0.834. The van der Waals surface area contributed by atoms with Gasteiger partial charge in [-0.15, -0.1) is 0 Å². The number of amides is 1. The van der Waals surface area contributed by atoms with Gasteiger partial charge in [0.1, 0.15) is 5.78 Å². The second-order valence-electron chi connectivity index (χ2n) is 7.44. The molecule has 4 rings (SSSR count). The van der Waals surface area contributed by atoms with Crippen LogP contribution in [0.15, 0.2) is 0 Å². The van der Waals surface area contributed by atoms with E-state index in [-0.39, 0.29) is 23.7 Å². The zero-order valence-electron chi connectivity index (χ0n) is 11.4. The molecule has 0 spiro atoms. The topological polar surface area (TPSA) is 46.2 Å². The van der Waals surface area contributed by atoms with E-state index in [9.17, 15) is 9.59 Å². The van der Waals surface area contributed by atoms with E-state index in [1.807, 2.05) is 0 Å². The molecule has 0 aromatic rings. The predicted octanol–water partition coefficient (Wildman–Crippen LogP) is 2.30. The largest absolute Gasteiger partial charge is 0.349 e. The maximum absolute atomic E-state index is 12.5. The van der Waals surface area contributed by atoms with Gasteiger partial charge in [-0.25, -0.2) is 0 Å². The number of carbonyl (C=O) groups is 2. The molecule has 2 atom stereocenters. The summed E-state index contributed by atoms with van der Waals surface area (Å²) in [7, 11) is 0. The Labute approximate surface area is 109 Å². The zero-order chi connectivity index (χ0) is 13.0. The smallest absolute Gasteiger partial charge is 0.226 e. The van der Waals surface area contributed by atoms with Crippen LogP contribution in [0.5, 0.6) is 0 Å². The van der Waals surface area contributed by atoms with Crippen LogP contribution in [0.1, 0.15) is 52.4 Å². The van der Waals surface area contributed by atoms with E-state index in [1.54, 1.807) is 0 Å². The van der Waals surface area contributed by atoms with Gasteiger partial charge in [0.2, 0.25) is 5.91 Å². The Morgan fingerprint density at radius 1 is 1.17 bits per heavy atom. The standard InChI is InChI=1S/C15H23NO2/c1-10(17)8-16-13(18)15-6-11-3-12(7-15)5-14(2,4-11)9-15/h11-12H,3-9H2,1-2H3,(H,16,18). The third-order valence-electron chi connectivity index (χ3n) is 5.33. The van der Waals surface area contributed by atoms with Gasteiger partial charge in [-0.1, -0.05) is 6.92 Å². The summed E-state index contributed by atoms with van der Waals surface area (Å²) < 4.78 is 0. The Bertz CT molecular complexity index is 387. The second-order valence-corrected chi connectivity index (χ2v) is 7.44. The van der Waals surface area contributed by atoms with Crippen LogP contribution in [0, 0.1) is 22.7 Å². The van der Waals surface area contributed by atoms with E-state index in [0.29, 0.717) is 5.41 Å². The average Bonchev–Trinajstić information content (AvgIpc) is 2.22. The van der Waals surface area contributed by atoms with E-state index in [1.165, 1.54) is 26.2 Å². The molecule has 3 nitrogen and oxygen atoms in total. The highest BCUT2D eigenvalue weighted by Gasteiger charge is 2.58. The van der Waals surface area contributed by atoms with Crippen LogP contribution in [0.2, 0.25) is 0 Å². The molecule has 0 aliphatic heterocycles. The van der Waals surface area contributed by atoms with Crippen molar-refractivity contribution in [1.29, 1.82) is 0 Å². The zero-order valence-corrected chi connectivity index (χ0v) is 11.4. The molecule has 0 saturated heterocycles. The van der Waals surface area contributed by atoms with Gasteiger partial charge < -0.3 is 5.32 Å². The number of nitrogens with one attached hydrogen (secondary N) is 1. The van der Waals surface area contributed by atoms with Crippen molar-refractivity contribution in [3.8, 4) is 0 Å². The van der Waals surface area contributed by atoms with Crippen LogP contribution in [0.3, 0.4) is 0 Å². The van der Waals surface area contributed by atoms with Crippen LogP contribution >= 0.6 is 0 Å². The lowest BCUT2D eigenvalue weighted by molar-refractivity contribution is -0.155. The number of carbonyl (C=O) groups excluding carboxylic acids is 2. The lowest BCUT2D eigenvalue weighted by Gasteiger charge is -2.60. The molecule has 1 N–H and O–H groups in total. The Morgan fingerprint density at radius 3 is 2.28 bits per heavy atom. The van der Waals surface area contributed by atoms with Crippen LogP contribution in [0.25, 0.3) is 0 Å². The first-order valence-electron chi connectivity index (χ1n) is 7.19. The van der Waals surface area contributed by atoms with Crippen molar-refractivity contribution >= 4 is 11.7 Å². The summed E-state index contributed by atoms with van der Waals surface area (Å²) in [6.45, 7) is 4.09. The van der Waals surface area contributed by atoms with Gasteiger partial charge in [0.25, 0.3) is 0 Å². The maximum atomic E-state index is 12.5. The molecule has 4 aliphatic carbocycles. The summed E-state index contributed by atoms with van der Waals surface area (Å²) in [6.07, 6.45) is 7.11. The summed E-state index contributed by atoms with van der Waals surface area (Å²) in [5.74, 6) is 1.69. The Hall–Kier alpha value is -0.860. The maximum Gasteiger partial charge on any atom is 0.226 e. The summed E-state index contributed by atoms with van der Waals surface area (Å²) in [6, 6.07) is 0. The Morgan fingerprint density at radius 2 is 1.78 bits per heavy atom. The Balaban J connectivity index is 1.78. The fraction of sp³-hybridized carbons (Fsp3) is 0.867. The van der Waals surface area contributed by atoms with Crippen molar-refractivity contribution in [3.05, 3.63) is 0 Å². The molecule has 4 fully saturated rings. The highest BCUT2D eigenvalue weighted by molar-refractivity contribution is 5.88. The molecule has 18 heavy (non-hydrogen) atoms. The molecule has 0 aromatic carbocycles. The molecule has 100 valence electrons. The minimum atomic E-state index is -0.145. The molecular formula is C15H23NO2. The van der Waals surface area contributed by atoms with E-state index in [0.717, 1.165) is 31.1 Å². The van der Waals surface area contributed by atoms with Gasteiger partial charge in [-0.05, 0) is 62.7 Å². The Kier molecular flexibility index (Phi) is 2.58. The molecule has 1 amide bonds. The lowest BCUT2D eigenvalue weighted by Crippen LogP contribution is -2.57. The molecule has 4 aliphatic rings. The minimum Gasteiger partial charge on any atom is -0.349 e. The second kappa shape index (κ2) is 3.82. The highest BCUT2D eigenvalue weighted by atomic mass is 16.2. The summed E-state index contributed by atoms with van der Waals surface area (Å²) in [4.78, 5) is 23.5. The van der Waals surface area contributed by atoms with Crippen LogP contribution < -0.4 is 5.32 Å². The molecule has 2 unspecified atom stereocenters. The number of rotatable bonds is 3. The third kappa shape index (κ3) is 1.88. The number of hydrogen-bond acceptors (Lipinski definition) is 2. The molecule has 0 radical (unpaired) electrons. The lowest BCUT2D eigenvalue weighted by atomic mass is 9.44. The fourth-order valence-electron chi connectivity index (χ4n) is 5.38. The molecular weight excluding hydrogens is 226 g/mol. The van der Waals surface area contributed by atoms with Crippen LogP contribution in [-0.2, 0) is 9.59 Å².